The third kappa shape index (κ3) is 3.03. The van der Waals surface area contributed by atoms with Crippen molar-refractivity contribution in [2.45, 2.75) is 77.4 Å². The fourth-order valence-electron chi connectivity index (χ4n) is 3.43. The van der Waals surface area contributed by atoms with Gasteiger partial charge >= 0.3 is 0 Å². The Labute approximate surface area is 107 Å². The largest absolute Gasteiger partial charge is 0.309 e. The van der Waals surface area contributed by atoms with Gasteiger partial charge in [0, 0.05) is 30.7 Å². The van der Waals surface area contributed by atoms with Crippen LogP contribution in [0.4, 0.5) is 0 Å². The van der Waals surface area contributed by atoms with Crippen molar-refractivity contribution >= 4 is 0 Å². The maximum atomic E-state index is 3.73. The molecular weight excluding hydrogens is 208 g/mol. The second kappa shape index (κ2) is 5.27. The van der Waals surface area contributed by atoms with E-state index in [1.54, 1.807) is 0 Å². The molecule has 2 unspecified atom stereocenters. The Morgan fingerprint density at radius 1 is 1.18 bits per heavy atom. The van der Waals surface area contributed by atoms with Crippen molar-refractivity contribution in [3.63, 3.8) is 0 Å². The van der Waals surface area contributed by atoms with Crippen LogP contribution in [0.25, 0.3) is 0 Å². The van der Waals surface area contributed by atoms with Gasteiger partial charge in [-0.25, -0.2) is 0 Å². The van der Waals surface area contributed by atoms with Crippen molar-refractivity contribution in [2.24, 2.45) is 5.92 Å². The minimum Gasteiger partial charge on any atom is -0.309 e. The topological polar surface area (TPSA) is 15.3 Å². The number of hydrogen-bond donors (Lipinski definition) is 1. The SMILES string of the molecule is CCC1(C)CN(C2CCC(C)CC2)C(C)CN1. The molecule has 2 aliphatic rings. The van der Waals surface area contributed by atoms with Crippen molar-refractivity contribution in [3.8, 4) is 0 Å². The highest BCUT2D eigenvalue weighted by atomic mass is 15.3. The molecule has 17 heavy (non-hydrogen) atoms. The number of hydrogen-bond acceptors (Lipinski definition) is 2. The Bertz CT molecular complexity index is 245. The van der Waals surface area contributed by atoms with E-state index in [2.05, 4.69) is 37.9 Å². The molecule has 1 aliphatic heterocycles. The summed E-state index contributed by atoms with van der Waals surface area (Å²) in [5.41, 5.74) is 0.343. The van der Waals surface area contributed by atoms with E-state index in [-0.39, 0.29) is 0 Å². The summed E-state index contributed by atoms with van der Waals surface area (Å²) in [4.78, 5) is 2.80. The van der Waals surface area contributed by atoms with Crippen molar-refractivity contribution in [3.05, 3.63) is 0 Å². The highest BCUT2D eigenvalue weighted by molar-refractivity contribution is 4.96. The first-order valence-corrected chi connectivity index (χ1v) is 7.55. The Morgan fingerprint density at radius 3 is 2.41 bits per heavy atom. The first-order valence-electron chi connectivity index (χ1n) is 7.55. The molecular formula is C15H30N2. The van der Waals surface area contributed by atoms with Gasteiger partial charge in [-0.05, 0) is 51.9 Å². The Morgan fingerprint density at radius 2 is 1.82 bits per heavy atom. The van der Waals surface area contributed by atoms with E-state index in [1.165, 1.54) is 38.6 Å². The third-order valence-electron chi connectivity index (χ3n) is 5.16. The van der Waals surface area contributed by atoms with E-state index < -0.39 is 0 Å². The van der Waals surface area contributed by atoms with E-state index in [0.717, 1.165) is 18.5 Å². The summed E-state index contributed by atoms with van der Waals surface area (Å²) in [7, 11) is 0. The first kappa shape index (κ1) is 13.4. The molecule has 0 aromatic carbocycles. The van der Waals surface area contributed by atoms with Gasteiger partial charge in [-0.15, -0.1) is 0 Å². The summed E-state index contributed by atoms with van der Waals surface area (Å²) in [5.74, 6) is 0.960. The molecule has 2 rings (SSSR count). The average Bonchev–Trinajstić information content (AvgIpc) is 2.34. The number of nitrogens with one attached hydrogen (secondary N) is 1. The van der Waals surface area contributed by atoms with Gasteiger partial charge in [-0.3, -0.25) is 4.90 Å². The predicted octanol–water partition coefficient (Wildman–Crippen LogP) is 3.03. The summed E-state index contributed by atoms with van der Waals surface area (Å²) in [6.07, 6.45) is 6.95. The van der Waals surface area contributed by atoms with Gasteiger partial charge in [0.05, 0.1) is 0 Å². The Kier molecular flexibility index (Phi) is 4.14. The van der Waals surface area contributed by atoms with Crippen LogP contribution in [0.1, 0.15) is 59.8 Å². The lowest BCUT2D eigenvalue weighted by atomic mass is 9.84. The van der Waals surface area contributed by atoms with Crippen molar-refractivity contribution in [2.75, 3.05) is 13.1 Å². The van der Waals surface area contributed by atoms with Gasteiger partial charge in [0.15, 0.2) is 0 Å². The minimum absolute atomic E-state index is 0.343. The third-order valence-corrected chi connectivity index (χ3v) is 5.16. The zero-order valence-corrected chi connectivity index (χ0v) is 12.1. The summed E-state index contributed by atoms with van der Waals surface area (Å²) in [6, 6.07) is 1.57. The molecule has 1 saturated carbocycles. The normalized spacial score (nSPS) is 44.8. The van der Waals surface area contributed by atoms with Crippen LogP contribution in [0.5, 0.6) is 0 Å². The van der Waals surface area contributed by atoms with E-state index in [1.807, 2.05) is 0 Å². The maximum Gasteiger partial charge on any atom is 0.0278 e. The highest BCUT2D eigenvalue weighted by Crippen LogP contribution is 2.31. The van der Waals surface area contributed by atoms with Gasteiger partial charge in [-0.1, -0.05) is 13.8 Å². The maximum absolute atomic E-state index is 3.73. The van der Waals surface area contributed by atoms with E-state index in [0.29, 0.717) is 11.6 Å². The quantitative estimate of drug-likeness (QED) is 0.795. The minimum atomic E-state index is 0.343. The predicted molar refractivity (Wildman–Crippen MR) is 74.3 cm³/mol. The lowest BCUT2D eigenvalue weighted by molar-refractivity contribution is 0.0329. The lowest BCUT2D eigenvalue weighted by Gasteiger charge is -2.49. The van der Waals surface area contributed by atoms with Crippen LogP contribution in [-0.4, -0.2) is 35.6 Å². The van der Waals surface area contributed by atoms with Gasteiger partial charge in [-0.2, -0.15) is 0 Å². The molecule has 1 heterocycles. The van der Waals surface area contributed by atoms with Crippen LogP contribution in [0, 0.1) is 5.92 Å². The van der Waals surface area contributed by atoms with Crippen molar-refractivity contribution in [1.82, 2.24) is 10.2 Å². The fourth-order valence-corrected chi connectivity index (χ4v) is 3.43. The van der Waals surface area contributed by atoms with Crippen LogP contribution in [0.15, 0.2) is 0 Å². The highest BCUT2D eigenvalue weighted by Gasteiger charge is 2.36. The van der Waals surface area contributed by atoms with Crippen molar-refractivity contribution in [1.29, 1.82) is 0 Å². The standard InChI is InChI=1S/C15H30N2/c1-5-15(4)11-17(13(3)10-16-15)14-8-6-12(2)7-9-14/h12-14,16H,5-11H2,1-4H3. The summed E-state index contributed by atoms with van der Waals surface area (Å²) in [5, 5.41) is 3.73. The molecule has 0 amide bonds. The molecule has 100 valence electrons. The lowest BCUT2D eigenvalue weighted by Crippen LogP contribution is -2.64. The molecule has 2 heteroatoms. The number of nitrogens with zero attached hydrogens (tertiary/aromatic N) is 1. The molecule has 2 atom stereocenters. The van der Waals surface area contributed by atoms with E-state index >= 15 is 0 Å². The second-order valence-corrected chi connectivity index (χ2v) is 6.73. The molecule has 0 aromatic rings. The zero-order chi connectivity index (χ0) is 12.5. The number of rotatable bonds is 2. The molecule has 0 bridgehead atoms. The average molecular weight is 238 g/mol. The molecule has 0 radical (unpaired) electrons. The summed E-state index contributed by atoms with van der Waals surface area (Å²) >= 11 is 0. The Hall–Kier alpha value is -0.0800. The monoisotopic (exact) mass is 238 g/mol. The molecule has 1 aliphatic carbocycles. The van der Waals surface area contributed by atoms with Gasteiger partial charge in [0.1, 0.15) is 0 Å². The molecule has 0 spiro atoms. The molecule has 2 fully saturated rings. The van der Waals surface area contributed by atoms with E-state index in [4.69, 9.17) is 0 Å². The number of piperazine rings is 1. The summed E-state index contributed by atoms with van der Waals surface area (Å²) < 4.78 is 0. The second-order valence-electron chi connectivity index (χ2n) is 6.73. The zero-order valence-electron chi connectivity index (χ0n) is 12.1. The van der Waals surface area contributed by atoms with Crippen LogP contribution in [-0.2, 0) is 0 Å². The van der Waals surface area contributed by atoms with Gasteiger partial charge in [0.25, 0.3) is 0 Å². The molecule has 2 nitrogen and oxygen atoms in total. The van der Waals surface area contributed by atoms with Crippen LogP contribution < -0.4 is 5.32 Å². The first-order chi connectivity index (χ1) is 8.04. The Balaban J connectivity index is 1.98. The van der Waals surface area contributed by atoms with Crippen LogP contribution in [0.3, 0.4) is 0 Å². The summed E-state index contributed by atoms with van der Waals surface area (Å²) in [6.45, 7) is 11.9. The van der Waals surface area contributed by atoms with E-state index in [9.17, 15) is 0 Å². The fraction of sp³-hybridized carbons (Fsp3) is 1.00. The van der Waals surface area contributed by atoms with Gasteiger partial charge in [0.2, 0.25) is 0 Å². The van der Waals surface area contributed by atoms with Crippen molar-refractivity contribution < 1.29 is 0 Å². The van der Waals surface area contributed by atoms with Crippen LogP contribution in [0.2, 0.25) is 0 Å². The molecule has 1 N–H and O–H groups in total. The van der Waals surface area contributed by atoms with Gasteiger partial charge < -0.3 is 5.32 Å². The molecule has 0 aromatic heterocycles. The van der Waals surface area contributed by atoms with Crippen LogP contribution >= 0.6 is 0 Å². The smallest absolute Gasteiger partial charge is 0.0278 e. The molecule has 1 saturated heterocycles.